The van der Waals surface area contributed by atoms with Crippen molar-refractivity contribution in [3.63, 3.8) is 0 Å². The number of para-hydroxylation sites is 1. The van der Waals surface area contributed by atoms with Gasteiger partial charge in [-0.2, -0.15) is 13.1 Å². The maximum Gasteiger partial charge on any atom is 0.384 e. The summed E-state index contributed by atoms with van der Waals surface area (Å²) in [6, 6.07) is 15.1. The van der Waals surface area contributed by atoms with Crippen molar-refractivity contribution in [3.05, 3.63) is 65.7 Å². The highest BCUT2D eigenvalue weighted by atomic mass is 32.2. The number of hydrogen-bond acceptors (Lipinski definition) is 6. The molecule has 26 heavy (non-hydrogen) atoms. The van der Waals surface area contributed by atoms with Crippen LogP contribution in [0.15, 0.2) is 54.6 Å². The van der Waals surface area contributed by atoms with Crippen LogP contribution in [0.3, 0.4) is 0 Å². The van der Waals surface area contributed by atoms with E-state index in [1.165, 1.54) is 6.07 Å². The fraction of sp³-hybridized carbons (Fsp3) is 0.294. The average Bonchev–Trinajstić information content (AvgIpc) is 2.61. The van der Waals surface area contributed by atoms with E-state index in [1.54, 1.807) is 62.4 Å². The second-order valence-corrected chi connectivity index (χ2v) is 9.01. The second-order valence-electron chi connectivity index (χ2n) is 5.55. The van der Waals surface area contributed by atoms with E-state index >= 15 is 0 Å². The molecule has 2 aromatic carbocycles. The van der Waals surface area contributed by atoms with Crippen molar-refractivity contribution in [1.82, 2.24) is 4.72 Å². The maximum absolute atomic E-state index is 13.9. The van der Waals surface area contributed by atoms with Crippen LogP contribution in [0, 0.1) is 0 Å². The van der Waals surface area contributed by atoms with Gasteiger partial charge < -0.3 is 13.2 Å². The molecular weight excluding hydrogens is 377 g/mol. The van der Waals surface area contributed by atoms with Crippen molar-refractivity contribution < 1.29 is 26.2 Å². The van der Waals surface area contributed by atoms with Crippen LogP contribution in [-0.2, 0) is 29.2 Å². The first-order valence-corrected chi connectivity index (χ1v) is 11.1. The van der Waals surface area contributed by atoms with Gasteiger partial charge in [0.25, 0.3) is 0 Å². The highest BCUT2D eigenvalue weighted by Gasteiger charge is 2.60. The number of fused-ring (bicyclic) bond motifs is 1. The van der Waals surface area contributed by atoms with Gasteiger partial charge in [-0.25, -0.2) is 0 Å². The van der Waals surface area contributed by atoms with Crippen molar-refractivity contribution in [2.24, 2.45) is 0 Å². The molecule has 1 atom stereocenters. The maximum atomic E-state index is 13.9. The van der Waals surface area contributed by atoms with Crippen LogP contribution in [0.1, 0.15) is 25.0 Å². The van der Waals surface area contributed by atoms with Gasteiger partial charge >= 0.3 is 17.9 Å². The Hall–Kier alpha value is -1.70. The Kier molecular flexibility index (Phi) is 5.23. The van der Waals surface area contributed by atoms with Gasteiger partial charge in [-0.15, -0.1) is 0 Å². The van der Waals surface area contributed by atoms with E-state index in [0.717, 1.165) is 0 Å². The first-order valence-electron chi connectivity index (χ1n) is 8.16. The minimum Gasteiger partial charge on any atom is -0.370 e. The molecule has 3 rings (SSSR count). The fourth-order valence-electron chi connectivity index (χ4n) is 3.04. The standard InChI is InChI=1S/C17H20NO6PS/c1-3-22-25(19,23-4-2)17(14-10-6-5-7-11-14)15-12-8-9-13-16(15)24-26(20,21)18-17/h5-13,18H,3-4H2,1-2H3/t17-/m0/s1. The van der Waals surface area contributed by atoms with Gasteiger partial charge in [0.2, 0.25) is 0 Å². The third kappa shape index (κ3) is 3.08. The highest BCUT2D eigenvalue weighted by Crippen LogP contribution is 2.68. The molecule has 0 unspecified atom stereocenters. The molecule has 0 bridgehead atoms. The molecule has 1 heterocycles. The Labute approximate surface area is 153 Å². The van der Waals surface area contributed by atoms with Crippen LogP contribution in [0.2, 0.25) is 0 Å². The molecule has 0 spiro atoms. The summed E-state index contributed by atoms with van der Waals surface area (Å²) in [7, 11) is -8.28. The van der Waals surface area contributed by atoms with Crippen LogP contribution in [0.5, 0.6) is 5.75 Å². The van der Waals surface area contributed by atoms with E-state index in [2.05, 4.69) is 4.72 Å². The van der Waals surface area contributed by atoms with Crippen molar-refractivity contribution in [3.8, 4) is 5.75 Å². The highest BCUT2D eigenvalue weighted by molar-refractivity contribution is 7.85. The number of nitrogens with one attached hydrogen (secondary N) is 1. The largest absolute Gasteiger partial charge is 0.384 e. The zero-order valence-corrected chi connectivity index (χ0v) is 16.1. The Morgan fingerprint density at radius 1 is 1.00 bits per heavy atom. The lowest BCUT2D eigenvalue weighted by Crippen LogP contribution is -2.52. The SMILES string of the molecule is CCOP(=O)(OCC)[C@]1(c2ccccc2)NS(=O)(=O)Oc2ccccc21. The number of hydrogen-bond donors (Lipinski definition) is 1. The van der Waals surface area contributed by atoms with Crippen LogP contribution < -0.4 is 8.91 Å². The lowest BCUT2D eigenvalue weighted by atomic mass is 9.98. The third-order valence-electron chi connectivity index (χ3n) is 3.95. The molecule has 0 saturated heterocycles. The van der Waals surface area contributed by atoms with E-state index < -0.39 is 23.2 Å². The van der Waals surface area contributed by atoms with E-state index in [-0.39, 0.29) is 19.0 Å². The van der Waals surface area contributed by atoms with Crippen molar-refractivity contribution >= 4 is 17.9 Å². The minimum atomic E-state index is -4.25. The molecule has 0 aliphatic carbocycles. The first-order chi connectivity index (χ1) is 12.4. The second kappa shape index (κ2) is 7.13. The van der Waals surface area contributed by atoms with Crippen LogP contribution >= 0.6 is 7.60 Å². The predicted molar refractivity (Wildman–Crippen MR) is 97.2 cm³/mol. The normalized spacial score (nSPS) is 21.6. The molecular formula is C17H20NO6PS. The topological polar surface area (TPSA) is 90.9 Å². The molecule has 7 nitrogen and oxygen atoms in total. The summed E-state index contributed by atoms with van der Waals surface area (Å²) in [5, 5.41) is -1.76. The van der Waals surface area contributed by atoms with Crippen molar-refractivity contribution in [2.45, 2.75) is 19.1 Å². The summed E-state index contributed by atoms with van der Waals surface area (Å²) in [6.07, 6.45) is 0. The summed E-state index contributed by atoms with van der Waals surface area (Å²) >= 11 is 0. The van der Waals surface area contributed by atoms with Gasteiger partial charge in [0.15, 0.2) is 5.28 Å². The first kappa shape index (κ1) is 19.1. The third-order valence-corrected chi connectivity index (χ3v) is 7.68. The van der Waals surface area contributed by atoms with E-state index in [9.17, 15) is 13.0 Å². The molecule has 0 radical (unpaired) electrons. The zero-order chi connectivity index (χ0) is 18.8. The Bertz CT molecular complexity index is 923. The van der Waals surface area contributed by atoms with Gasteiger partial charge in [0.05, 0.1) is 13.2 Å². The monoisotopic (exact) mass is 397 g/mol. The van der Waals surface area contributed by atoms with Gasteiger partial charge in [-0.05, 0) is 25.5 Å². The number of benzene rings is 2. The molecule has 1 N–H and O–H groups in total. The lowest BCUT2D eigenvalue weighted by Gasteiger charge is -2.42. The zero-order valence-electron chi connectivity index (χ0n) is 14.4. The summed E-state index contributed by atoms with van der Waals surface area (Å²) < 4.78 is 57.5. The fourth-order valence-corrected chi connectivity index (χ4v) is 6.92. The Morgan fingerprint density at radius 3 is 2.19 bits per heavy atom. The van der Waals surface area contributed by atoms with Gasteiger partial charge in [-0.3, -0.25) is 4.57 Å². The summed E-state index contributed by atoms with van der Waals surface area (Å²) in [5.41, 5.74) is 0.802. The van der Waals surface area contributed by atoms with Crippen LogP contribution in [-0.4, -0.2) is 21.6 Å². The summed E-state index contributed by atoms with van der Waals surface area (Å²) in [6.45, 7) is 3.50. The van der Waals surface area contributed by atoms with Gasteiger partial charge in [0.1, 0.15) is 5.75 Å². The molecule has 0 amide bonds. The quantitative estimate of drug-likeness (QED) is 0.752. The minimum absolute atomic E-state index is 0.0785. The van der Waals surface area contributed by atoms with Crippen molar-refractivity contribution in [1.29, 1.82) is 0 Å². The molecule has 9 heteroatoms. The molecule has 140 valence electrons. The average molecular weight is 397 g/mol. The smallest absolute Gasteiger partial charge is 0.370 e. The lowest BCUT2D eigenvalue weighted by molar-refractivity contribution is 0.196. The van der Waals surface area contributed by atoms with E-state index in [4.69, 9.17) is 13.2 Å². The van der Waals surface area contributed by atoms with Crippen molar-refractivity contribution in [2.75, 3.05) is 13.2 Å². The summed E-state index contributed by atoms with van der Waals surface area (Å²) in [5.74, 6) is 0.0785. The van der Waals surface area contributed by atoms with Crippen LogP contribution in [0.25, 0.3) is 0 Å². The molecule has 1 aliphatic heterocycles. The molecule has 2 aromatic rings. The molecule has 0 saturated carbocycles. The van der Waals surface area contributed by atoms with Gasteiger partial charge in [0, 0.05) is 5.56 Å². The van der Waals surface area contributed by atoms with E-state index in [1.807, 2.05) is 0 Å². The molecule has 0 fully saturated rings. The predicted octanol–water partition coefficient (Wildman–Crippen LogP) is 3.38. The molecule has 1 aliphatic rings. The number of rotatable bonds is 6. The molecule has 0 aromatic heterocycles. The van der Waals surface area contributed by atoms with Crippen LogP contribution in [0.4, 0.5) is 0 Å². The summed E-state index contributed by atoms with van der Waals surface area (Å²) in [4.78, 5) is 0. The Morgan fingerprint density at radius 2 is 1.58 bits per heavy atom. The van der Waals surface area contributed by atoms with E-state index in [0.29, 0.717) is 11.1 Å². The Balaban J connectivity index is 2.41. The van der Waals surface area contributed by atoms with Gasteiger partial charge in [-0.1, -0.05) is 48.5 Å².